The first-order valence-corrected chi connectivity index (χ1v) is 6.16. The lowest BCUT2D eigenvalue weighted by Gasteiger charge is -2.31. The number of hydrogen-bond donors (Lipinski definition) is 3. The van der Waals surface area contributed by atoms with Crippen LogP contribution in [0.4, 0.5) is 11.4 Å². The second-order valence-electron chi connectivity index (χ2n) is 4.72. The van der Waals surface area contributed by atoms with Crippen LogP contribution in [0.15, 0.2) is 12.1 Å². The minimum absolute atomic E-state index is 0.511. The predicted octanol–water partition coefficient (Wildman–Crippen LogP) is 1.47. The number of halogens is 1. The van der Waals surface area contributed by atoms with Gasteiger partial charge in [0.1, 0.15) is 0 Å². The molecule has 2 bridgehead atoms. The van der Waals surface area contributed by atoms with Crippen molar-refractivity contribution in [1.29, 1.82) is 5.41 Å². The van der Waals surface area contributed by atoms with Crippen LogP contribution < -0.4 is 16.0 Å². The maximum absolute atomic E-state index is 7.50. The first kappa shape index (κ1) is 10.9. The van der Waals surface area contributed by atoms with Crippen LogP contribution in [0.1, 0.15) is 12.0 Å². The SMILES string of the molecule is N=Cc1c(N)cc(Cl)cc1N1CC2CC1CN2. The highest BCUT2D eigenvalue weighted by Gasteiger charge is 2.38. The van der Waals surface area contributed by atoms with Crippen LogP contribution in [0.3, 0.4) is 0 Å². The molecule has 17 heavy (non-hydrogen) atoms. The third kappa shape index (κ3) is 1.68. The molecule has 3 rings (SSSR count). The Kier molecular flexibility index (Phi) is 2.49. The minimum atomic E-state index is 0.511. The zero-order chi connectivity index (χ0) is 12.0. The van der Waals surface area contributed by atoms with Crippen LogP contribution in [-0.4, -0.2) is 31.4 Å². The molecule has 2 unspecified atom stereocenters. The summed E-state index contributed by atoms with van der Waals surface area (Å²) < 4.78 is 0. The van der Waals surface area contributed by atoms with Crippen molar-refractivity contribution in [2.75, 3.05) is 23.7 Å². The van der Waals surface area contributed by atoms with Crippen LogP contribution >= 0.6 is 11.6 Å². The average molecular weight is 251 g/mol. The Balaban J connectivity index is 2.05. The van der Waals surface area contributed by atoms with E-state index in [9.17, 15) is 0 Å². The van der Waals surface area contributed by atoms with E-state index in [1.54, 1.807) is 6.07 Å². The molecule has 0 saturated carbocycles. The summed E-state index contributed by atoms with van der Waals surface area (Å²) in [5.74, 6) is 0. The molecular formula is C12H15ClN4. The van der Waals surface area contributed by atoms with Gasteiger partial charge < -0.3 is 21.4 Å². The van der Waals surface area contributed by atoms with Gasteiger partial charge in [0.25, 0.3) is 0 Å². The predicted molar refractivity (Wildman–Crippen MR) is 71.3 cm³/mol. The van der Waals surface area contributed by atoms with Crippen molar-refractivity contribution in [2.45, 2.75) is 18.5 Å². The third-order valence-electron chi connectivity index (χ3n) is 3.67. The summed E-state index contributed by atoms with van der Waals surface area (Å²) in [6.45, 7) is 1.99. The van der Waals surface area contributed by atoms with E-state index in [1.165, 1.54) is 12.6 Å². The largest absolute Gasteiger partial charge is 0.398 e. The number of piperazine rings is 1. The van der Waals surface area contributed by atoms with Gasteiger partial charge in [0, 0.05) is 53.3 Å². The van der Waals surface area contributed by atoms with Gasteiger partial charge >= 0.3 is 0 Å². The number of nitrogen functional groups attached to an aromatic ring is 1. The second-order valence-corrected chi connectivity index (χ2v) is 5.16. The van der Waals surface area contributed by atoms with E-state index in [0.29, 0.717) is 22.8 Å². The summed E-state index contributed by atoms with van der Waals surface area (Å²) in [7, 11) is 0. The molecule has 0 spiro atoms. The smallest absolute Gasteiger partial charge is 0.0494 e. The van der Waals surface area contributed by atoms with E-state index in [4.69, 9.17) is 22.7 Å². The molecule has 0 aromatic heterocycles. The van der Waals surface area contributed by atoms with Gasteiger partial charge in [-0.1, -0.05) is 11.6 Å². The van der Waals surface area contributed by atoms with E-state index in [0.717, 1.165) is 24.3 Å². The van der Waals surface area contributed by atoms with Gasteiger partial charge in [-0.05, 0) is 18.6 Å². The molecule has 2 heterocycles. The Morgan fingerprint density at radius 2 is 2.35 bits per heavy atom. The van der Waals surface area contributed by atoms with Gasteiger partial charge in [0.15, 0.2) is 0 Å². The summed E-state index contributed by atoms with van der Waals surface area (Å²) >= 11 is 6.06. The lowest BCUT2D eigenvalue weighted by Crippen LogP contribution is -2.44. The van der Waals surface area contributed by atoms with Crippen molar-refractivity contribution < 1.29 is 0 Å². The quantitative estimate of drug-likeness (QED) is 0.550. The van der Waals surface area contributed by atoms with E-state index in [-0.39, 0.29) is 0 Å². The molecule has 1 aromatic rings. The molecule has 1 aromatic carbocycles. The lowest BCUT2D eigenvalue weighted by atomic mass is 10.1. The van der Waals surface area contributed by atoms with Crippen molar-refractivity contribution >= 4 is 29.2 Å². The van der Waals surface area contributed by atoms with E-state index in [1.807, 2.05) is 6.07 Å². The highest BCUT2D eigenvalue weighted by Crippen LogP contribution is 2.35. The van der Waals surface area contributed by atoms with Crippen molar-refractivity contribution in [2.24, 2.45) is 0 Å². The molecular weight excluding hydrogens is 236 g/mol. The molecule has 2 saturated heterocycles. The Hall–Kier alpha value is -1.26. The van der Waals surface area contributed by atoms with E-state index in [2.05, 4.69) is 10.2 Å². The summed E-state index contributed by atoms with van der Waals surface area (Å²) in [5, 5.41) is 11.6. The maximum Gasteiger partial charge on any atom is 0.0494 e. The highest BCUT2D eigenvalue weighted by atomic mass is 35.5. The van der Waals surface area contributed by atoms with Crippen molar-refractivity contribution in [1.82, 2.24) is 5.32 Å². The number of hydrogen-bond acceptors (Lipinski definition) is 4. The molecule has 90 valence electrons. The van der Waals surface area contributed by atoms with Crippen molar-refractivity contribution in [3.05, 3.63) is 22.7 Å². The number of anilines is 2. The number of nitrogens with one attached hydrogen (secondary N) is 2. The Bertz CT molecular complexity index is 474. The Labute approximate surface area is 105 Å². The zero-order valence-corrected chi connectivity index (χ0v) is 10.2. The monoisotopic (exact) mass is 250 g/mol. The third-order valence-corrected chi connectivity index (χ3v) is 3.88. The average Bonchev–Trinajstić information content (AvgIpc) is 2.89. The van der Waals surface area contributed by atoms with Crippen molar-refractivity contribution in [3.63, 3.8) is 0 Å². The minimum Gasteiger partial charge on any atom is -0.398 e. The molecule has 0 aliphatic carbocycles. The molecule has 2 aliphatic heterocycles. The van der Waals surface area contributed by atoms with Gasteiger partial charge in [-0.15, -0.1) is 0 Å². The maximum atomic E-state index is 7.50. The first-order valence-electron chi connectivity index (χ1n) is 5.78. The fraction of sp³-hybridized carbons (Fsp3) is 0.417. The van der Waals surface area contributed by atoms with Gasteiger partial charge in [0.05, 0.1) is 0 Å². The number of nitrogens with two attached hydrogens (primary N) is 1. The molecule has 4 nitrogen and oxygen atoms in total. The highest BCUT2D eigenvalue weighted by molar-refractivity contribution is 6.31. The standard InChI is InChI=1S/C12H15ClN4/c13-7-1-11(15)10(4-14)12(2-7)17-6-8-3-9(17)5-16-8/h1-2,4,8-9,14,16H,3,5-6,15H2. The van der Waals surface area contributed by atoms with Gasteiger partial charge in [0.2, 0.25) is 0 Å². The second kappa shape index (κ2) is 3.89. The fourth-order valence-corrected chi connectivity index (χ4v) is 3.10. The summed E-state index contributed by atoms with van der Waals surface area (Å²) in [5.41, 5.74) is 8.28. The van der Waals surface area contributed by atoms with Crippen LogP contribution in [0, 0.1) is 5.41 Å². The molecule has 0 amide bonds. The van der Waals surface area contributed by atoms with Crippen LogP contribution in [0.2, 0.25) is 5.02 Å². The molecule has 5 heteroatoms. The topological polar surface area (TPSA) is 65.1 Å². The Morgan fingerprint density at radius 3 is 2.94 bits per heavy atom. The van der Waals surface area contributed by atoms with Crippen LogP contribution in [0.5, 0.6) is 0 Å². The van der Waals surface area contributed by atoms with Crippen LogP contribution in [0.25, 0.3) is 0 Å². The summed E-state index contributed by atoms with van der Waals surface area (Å²) in [6, 6.07) is 4.70. The molecule has 2 aliphatic rings. The molecule has 0 radical (unpaired) electrons. The number of nitrogens with zero attached hydrogens (tertiary/aromatic N) is 1. The zero-order valence-electron chi connectivity index (χ0n) is 9.41. The normalized spacial score (nSPS) is 26.5. The number of rotatable bonds is 2. The number of benzene rings is 1. The molecule has 2 fully saturated rings. The Morgan fingerprint density at radius 1 is 1.53 bits per heavy atom. The van der Waals surface area contributed by atoms with E-state index >= 15 is 0 Å². The molecule has 4 N–H and O–H groups in total. The van der Waals surface area contributed by atoms with Gasteiger partial charge in [-0.25, -0.2) is 0 Å². The van der Waals surface area contributed by atoms with E-state index < -0.39 is 0 Å². The van der Waals surface area contributed by atoms with Crippen LogP contribution in [-0.2, 0) is 0 Å². The fourth-order valence-electron chi connectivity index (χ4n) is 2.87. The lowest BCUT2D eigenvalue weighted by molar-refractivity contribution is 0.580. The number of fused-ring (bicyclic) bond motifs is 2. The van der Waals surface area contributed by atoms with Gasteiger partial charge in [-0.3, -0.25) is 0 Å². The summed E-state index contributed by atoms with van der Waals surface area (Å²) in [6.07, 6.45) is 2.49. The molecule has 2 atom stereocenters. The first-order chi connectivity index (χ1) is 8.19. The van der Waals surface area contributed by atoms with Gasteiger partial charge in [-0.2, -0.15) is 0 Å². The van der Waals surface area contributed by atoms with Crippen molar-refractivity contribution in [3.8, 4) is 0 Å². The summed E-state index contributed by atoms with van der Waals surface area (Å²) in [4.78, 5) is 2.32.